The number of benzene rings is 2. The topological polar surface area (TPSA) is 125 Å². The molecule has 190 valence electrons. The number of ether oxygens (including phenoxy) is 1. The first-order valence-corrected chi connectivity index (χ1v) is 14.5. The first-order chi connectivity index (χ1) is 16.7. The van der Waals surface area contributed by atoms with Gasteiger partial charge in [0.1, 0.15) is 0 Å². The van der Waals surface area contributed by atoms with Gasteiger partial charge in [-0.1, -0.05) is 6.07 Å². The lowest BCUT2D eigenvalue weighted by atomic mass is 9.93. The van der Waals surface area contributed by atoms with Gasteiger partial charge in [-0.05, 0) is 74.4 Å². The molecule has 1 saturated carbocycles. The molecule has 0 bridgehead atoms. The summed E-state index contributed by atoms with van der Waals surface area (Å²) in [5, 5.41) is 2.80. The molecule has 9 nitrogen and oxygen atoms in total. The largest absolute Gasteiger partial charge is 0.381 e. The summed E-state index contributed by atoms with van der Waals surface area (Å²) < 4.78 is 53.4. The van der Waals surface area contributed by atoms with E-state index in [9.17, 15) is 22.0 Å². The van der Waals surface area contributed by atoms with E-state index < -0.39 is 21.1 Å². The van der Waals surface area contributed by atoms with Crippen LogP contribution < -0.4 is 14.9 Å². The Balaban J connectivity index is 1.58. The van der Waals surface area contributed by atoms with E-state index in [4.69, 9.17) is 4.74 Å². The van der Waals surface area contributed by atoms with Crippen LogP contribution in [0.4, 0.5) is 17.1 Å². The fraction of sp³-hybridized carbons (Fsp3) is 0.458. The van der Waals surface area contributed by atoms with Crippen molar-refractivity contribution in [3.05, 3.63) is 48.0 Å². The number of nitrogens with zero attached hydrogens (tertiary/aromatic N) is 1. The van der Waals surface area contributed by atoms with Crippen molar-refractivity contribution in [2.75, 3.05) is 47.0 Å². The Hall–Kier alpha value is -2.47. The van der Waals surface area contributed by atoms with Crippen LogP contribution in [-0.2, 0) is 25.8 Å². The van der Waals surface area contributed by atoms with Gasteiger partial charge in [-0.15, -0.1) is 0 Å². The average Bonchev–Trinajstić information content (AvgIpc) is 3.58. The van der Waals surface area contributed by atoms with Crippen molar-refractivity contribution in [1.29, 1.82) is 0 Å². The molecule has 2 fully saturated rings. The molecule has 35 heavy (non-hydrogen) atoms. The molecule has 1 amide bonds. The SMILES string of the molecule is CCOCCS(=O)(=O)Nc1ccc(C(=O)Nc2cccc(S(=O)O)c2)c(N2CCC3(CC2)CC3)c1. The van der Waals surface area contributed by atoms with E-state index in [2.05, 4.69) is 14.9 Å². The van der Waals surface area contributed by atoms with E-state index in [1.54, 1.807) is 37.3 Å². The quantitative estimate of drug-likeness (QED) is 0.322. The maximum atomic E-state index is 13.2. The van der Waals surface area contributed by atoms with Crippen molar-refractivity contribution >= 4 is 44.1 Å². The highest BCUT2D eigenvalue weighted by Crippen LogP contribution is 2.54. The first kappa shape index (κ1) is 25.6. The second-order valence-corrected chi connectivity index (χ2v) is 11.9. The molecular weight excluding hydrogens is 490 g/mol. The third-order valence-corrected chi connectivity index (χ3v) is 8.54. The van der Waals surface area contributed by atoms with Crippen LogP contribution in [0.3, 0.4) is 0 Å². The minimum absolute atomic E-state index is 0.102. The molecule has 3 N–H and O–H groups in total. The Morgan fingerprint density at radius 2 is 1.86 bits per heavy atom. The molecule has 1 spiro atoms. The lowest BCUT2D eigenvalue weighted by Crippen LogP contribution is -2.35. The second kappa shape index (κ2) is 10.7. The lowest BCUT2D eigenvalue weighted by Gasteiger charge is -2.35. The van der Waals surface area contributed by atoms with Gasteiger partial charge in [-0.25, -0.2) is 12.6 Å². The van der Waals surface area contributed by atoms with Gasteiger partial charge in [0.05, 0.1) is 34.2 Å². The summed E-state index contributed by atoms with van der Waals surface area (Å²) in [7, 11) is -3.60. The number of hydrogen-bond donors (Lipinski definition) is 3. The summed E-state index contributed by atoms with van der Waals surface area (Å²) in [4.78, 5) is 15.6. The van der Waals surface area contributed by atoms with Gasteiger partial charge in [0, 0.05) is 25.4 Å². The lowest BCUT2D eigenvalue weighted by molar-refractivity contribution is 0.102. The van der Waals surface area contributed by atoms with Crippen LogP contribution in [0.2, 0.25) is 0 Å². The van der Waals surface area contributed by atoms with E-state index in [1.807, 2.05) is 0 Å². The highest BCUT2D eigenvalue weighted by molar-refractivity contribution is 7.92. The Kier molecular flexibility index (Phi) is 7.80. The predicted molar refractivity (Wildman–Crippen MR) is 137 cm³/mol. The van der Waals surface area contributed by atoms with E-state index >= 15 is 0 Å². The van der Waals surface area contributed by atoms with Crippen molar-refractivity contribution in [3.63, 3.8) is 0 Å². The summed E-state index contributed by atoms with van der Waals surface area (Å²) in [6.07, 6.45) is 4.58. The number of anilines is 3. The van der Waals surface area contributed by atoms with Gasteiger partial charge >= 0.3 is 0 Å². The van der Waals surface area contributed by atoms with Crippen molar-refractivity contribution in [1.82, 2.24) is 0 Å². The van der Waals surface area contributed by atoms with E-state index in [1.165, 1.54) is 25.0 Å². The van der Waals surface area contributed by atoms with Gasteiger partial charge in [-0.2, -0.15) is 0 Å². The normalized spacial score (nSPS) is 17.7. The molecule has 1 unspecified atom stereocenters. The molecule has 1 aliphatic heterocycles. The summed E-state index contributed by atoms with van der Waals surface area (Å²) in [5.74, 6) is -0.536. The zero-order chi connectivity index (χ0) is 25.1. The molecule has 2 aromatic rings. The molecule has 0 radical (unpaired) electrons. The number of carbonyl (C=O) groups is 1. The van der Waals surface area contributed by atoms with Crippen LogP contribution in [0.25, 0.3) is 0 Å². The Morgan fingerprint density at radius 1 is 1.11 bits per heavy atom. The minimum Gasteiger partial charge on any atom is -0.381 e. The van der Waals surface area contributed by atoms with Crippen molar-refractivity contribution < 1.29 is 26.7 Å². The standard InChI is InChI=1S/C24H31N3O6S2/c1-2-33-14-15-35(31,32)26-19-6-7-21(22(17-19)27-12-10-24(8-9-24)11-13-27)23(28)25-18-4-3-5-20(16-18)34(29)30/h3-7,16-17,26H,2,8-15H2,1H3,(H,25,28)(H,29,30). The molecule has 2 aliphatic rings. The summed E-state index contributed by atoms with van der Waals surface area (Å²) in [5.41, 5.74) is 2.29. The fourth-order valence-corrected chi connectivity index (χ4v) is 5.72. The third kappa shape index (κ3) is 6.60. The van der Waals surface area contributed by atoms with Gasteiger partial charge in [0.2, 0.25) is 10.0 Å². The number of sulfonamides is 1. The molecular formula is C24H31N3O6S2. The maximum Gasteiger partial charge on any atom is 0.257 e. The average molecular weight is 522 g/mol. The van der Waals surface area contributed by atoms with Gasteiger partial charge in [0.25, 0.3) is 5.91 Å². The molecule has 0 aromatic heterocycles. The number of piperidine rings is 1. The van der Waals surface area contributed by atoms with Crippen LogP contribution in [0, 0.1) is 5.41 Å². The van der Waals surface area contributed by atoms with Gasteiger partial charge < -0.3 is 19.5 Å². The third-order valence-electron chi connectivity index (χ3n) is 6.63. The molecule has 1 saturated heterocycles. The Bertz CT molecular complexity index is 1200. The monoisotopic (exact) mass is 521 g/mol. The zero-order valence-corrected chi connectivity index (χ0v) is 21.3. The van der Waals surface area contributed by atoms with Crippen LogP contribution in [0.1, 0.15) is 43.0 Å². The van der Waals surface area contributed by atoms with Crippen molar-refractivity contribution in [3.8, 4) is 0 Å². The Morgan fingerprint density at radius 3 is 2.51 bits per heavy atom. The van der Waals surface area contributed by atoms with Crippen LogP contribution in [0.15, 0.2) is 47.4 Å². The summed E-state index contributed by atoms with van der Waals surface area (Å²) in [6.45, 7) is 3.93. The number of amides is 1. The van der Waals surface area contributed by atoms with Crippen molar-refractivity contribution in [2.24, 2.45) is 5.41 Å². The first-order valence-electron chi connectivity index (χ1n) is 11.7. The number of hydrogen-bond acceptors (Lipinski definition) is 6. The minimum atomic E-state index is -3.60. The predicted octanol–water partition coefficient (Wildman–Crippen LogP) is 3.68. The zero-order valence-electron chi connectivity index (χ0n) is 19.7. The summed E-state index contributed by atoms with van der Waals surface area (Å²) >= 11 is -2.16. The van der Waals surface area contributed by atoms with Crippen LogP contribution in [-0.4, -0.2) is 55.1 Å². The summed E-state index contributed by atoms with van der Waals surface area (Å²) in [6, 6.07) is 11.1. The molecule has 11 heteroatoms. The molecule has 1 atom stereocenters. The van der Waals surface area contributed by atoms with E-state index in [0.29, 0.717) is 34.6 Å². The van der Waals surface area contributed by atoms with Crippen LogP contribution >= 0.6 is 0 Å². The fourth-order valence-electron chi connectivity index (χ4n) is 4.37. The Labute approximate surface area is 208 Å². The number of rotatable bonds is 10. The maximum absolute atomic E-state index is 13.2. The van der Waals surface area contributed by atoms with Crippen LogP contribution in [0.5, 0.6) is 0 Å². The van der Waals surface area contributed by atoms with Crippen molar-refractivity contribution in [2.45, 2.75) is 37.5 Å². The number of carbonyl (C=O) groups excluding carboxylic acids is 1. The highest BCUT2D eigenvalue weighted by atomic mass is 32.2. The molecule has 4 rings (SSSR count). The van der Waals surface area contributed by atoms with Gasteiger partial charge in [-0.3, -0.25) is 9.52 Å². The highest BCUT2D eigenvalue weighted by Gasteiger charge is 2.44. The van der Waals surface area contributed by atoms with Gasteiger partial charge in [0.15, 0.2) is 11.1 Å². The smallest absolute Gasteiger partial charge is 0.257 e. The van der Waals surface area contributed by atoms with E-state index in [-0.39, 0.29) is 23.2 Å². The molecule has 1 aliphatic carbocycles. The molecule has 2 aromatic carbocycles. The molecule has 1 heterocycles. The van der Waals surface area contributed by atoms with E-state index in [0.717, 1.165) is 25.9 Å². The second-order valence-electron chi connectivity index (χ2n) is 9.07. The number of nitrogens with one attached hydrogen (secondary N) is 2.